The maximum absolute atomic E-state index is 11.5. The van der Waals surface area contributed by atoms with Crippen molar-refractivity contribution in [1.82, 2.24) is 4.90 Å². The number of rotatable bonds is 2. The molecule has 2 fully saturated rings. The molecule has 2 rings (SSSR count). The van der Waals surface area contributed by atoms with Gasteiger partial charge >= 0.3 is 0 Å². The number of imide groups is 1. The van der Waals surface area contributed by atoms with Gasteiger partial charge in [-0.2, -0.15) is 0 Å². The van der Waals surface area contributed by atoms with Crippen molar-refractivity contribution in [2.24, 2.45) is 11.8 Å². The number of nitrogens with zero attached hydrogens (tertiary/aromatic N) is 1. The number of hydrogen-bond acceptors (Lipinski definition) is 3. The molecule has 1 aliphatic heterocycles. The van der Waals surface area contributed by atoms with Crippen LogP contribution in [-0.4, -0.2) is 29.5 Å². The van der Waals surface area contributed by atoms with Crippen LogP contribution in [0.1, 0.15) is 19.3 Å². The summed E-state index contributed by atoms with van der Waals surface area (Å²) < 4.78 is 0. The fourth-order valence-corrected chi connectivity index (χ4v) is 2.31. The topological polar surface area (TPSA) is 54.5 Å². The first kappa shape index (κ1) is 8.41. The van der Waals surface area contributed by atoms with Gasteiger partial charge < -0.3 is 4.79 Å². The summed E-state index contributed by atoms with van der Waals surface area (Å²) in [5.74, 6) is -0.515. The Morgan fingerprint density at radius 3 is 2.23 bits per heavy atom. The highest BCUT2D eigenvalue weighted by molar-refractivity contribution is 6.06. The molecule has 0 N–H and O–H groups in total. The fraction of sp³-hybridized carbons (Fsp3) is 0.667. The van der Waals surface area contributed by atoms with Crippen molar-refractivity contribution in [2.75, 3.05) is 6.54 Å². The number of carbonyl (C=O) groups is 3. The Morgan fingerprint density at radius 2 is 1.77 bits per heavy atom. The lowest BCUT2D eigenvalue weighted by Crippen LogP contribution is -2.33. The zero-order chi connectivity index (χ0) is 9.42. The van der Waals surface area contributed by atoms with Crippen LogP contribution in [0.3, 0.4) is 0 Å². The molecule has 2 aliphatic rings. The molecular weight excluding hydrogens is 170 g/mol. The molecule has 2 unspecified atom stereocenters. The van der Waals surface area contributed by atoms with Gasteiger partial charge in [0.25, 0.3) is 0 Å². The number of hydrogen-bond donors (Lipinski definition) is 0. The maximum atomic E-state index is 11.5. The van der Waals surface area contributed by atoms with E-state index in [1.54, 1.807) is 0 Å². The number of fused-ring (bicyclic) bond motifs is 1. The van der Waals surface area contributed by atoms with Crippen LogP contribution in [0, 0.1) is 11.8 Å². The highest BCUT2D eigenvalue weighted by atomic mass is 16.2. The molecule has 0 aromatic carbocycles. The number of aldehydes is 1. The highest BCUT2D eigenvalue weighted by Crippen LogP contribution is 2.39. The Kier molecular flexibility index (Phi) is 1.90. The van der Waals surface area contributed by atoms with Gasteiger partial charge in [-0.25, -0.2) is 0 Å². The molecule has 13 heavy (non-hydrogen) atoms. The lowest BCUT2D eigenvalue weighted by molar-refractivity contribution is -0.141. The molecular formula is C9H11NO3. The predicted molar refractivity (Wildman–Crippen MR) is 43.6 cm³/mol. The zero-order valence-corrected chi connectivity index (χ0v) is 7.23. The molecule has 4 heteroatoms. The van der Waals surface area contributed by atoms with Crippen molar-refractivity contribution in [3.63, 3.8) is 0 Å². The minimum absolute atomic E-state index is 0.0648. The minimum atomic E-state index is -0.139. The Balaban J connectivity index is 2.21. The van der Waals surface area contributed by atoms with Crippen LogP contribution in [-0.2, 0) is 14.4 Å². The molecule has 1 aliphatic carbocycles. The summed E-state index contributed by atoms with van der Waals surface area (Å²) in [7, 11) is 0. The van der Waals surface area contributed by atoms with Gasteiger partial charge in [0.15, 0.2) is 0 Å². The second kappa shape index (κ2) is 2.94. The first-order valence-corrected chi connectivity index (χ1v) is 4.54. The van der Waals surface area contributed by atoms with Gasteiger partial charge in [-0.3, -0.25) is 14.5 Å². The quantitative estimate of drug-likeness (QED) is 0.444. The molecule has 2 atom stereocenters. The van der Waals surface area contributed by atoms with E-state index in [1.165, 1.54) is 0 Å². The highest BCUT2D eigenvalue weighted by Gasteiger charge is 2.49. The van der Waals surface area contributed by atoms with Gasteiger partial charge in [0.1, 0.15) is 6.29 Å². The van der Waals surface area contributed by atoms with E-state index in [2.05, 4.69) is 0 Å². The number of likely N-dealkylation sites (tertiary alicyclic amines) is 1. The molecule has 1 saturated carbocycles. The molecule has 0 aromatic heterocycles. The molecule has 0 aromatic rings. The summed E-state index contributed by atoms with van der Waals surface area (Å²) in [5, 5.41) is 0. The lowest BCUT2D eigenvalue weighted by Gasteiger charge is -2.10. The normalized spacial score (nSPS) is 32.5. The van der Waals surface area contributed by atoms with Crippen LogP contribution in [0.25, 0.3) is 0 Å². The van der Waals surface area contributed by atoms with E-state index in [0.29, 0.717) is 6.29 Å². The first-order chi connectivity index (χ1) is 6.25. The summed E-state index contributed by atoms with van der Waals surface area (Å²) in [6.07, 6.45) is 3.19. The first-order valence-electron chi connectivity index (χ1n) is 4.54. The van der Waals surface area contributed by atoms with Crippen LogP contribution in [0.5, 0.6) is 0 Å². The summed E-state index contributed by atoms with van der Waals surface area (Å²) >= 11 is 0. The molecule has 70 valence electrons. The summed E-state index contributed by atoms with van der Waals surface area (Å²) in [5.41, 5.74) is 0. The Bertz CT molecular complexity index is 252. The van der Waals surface area contributed by atoms with Crippen molar-refractivity contribution < 1.29 is 14.4 Å². The van der Waals surface area contributed by atoms with Crippen molar-refractivity contribution in [3.05, 3.63) is 0 Å². The third kappa shape index (κ3) is 1.08. The molecule has 1 heterocycles. The van der Waals surface area contributed by atoms with Crippen molar-refractivity contribution in [3.8, 4) is 0 Å². The van der Waals surface area contributed by atoms with Gasteiger partial charge in [-0.05, 0) is 12.8 Å². The maximum Gasteiger partial charge on any atom is 0.233 e. The minimum Gasteiger partial charge on any atom is -0.301 e. The van der Waals surface area contributed by atoms with Crippen LogP contribution >= 0.6 is 0 Å². The summed E-state index contributed by atoms with van der Waals surface area (Å²) in [6, 6.07) is 0. The number of carbonyl (C=O) groups excluding carboxylic acids is 3. The van der Waals surface area contributed by atoms with Gasteiger partial charge in [-0.1, -0.05) is 6.42 Å². The van der Waals surface area contributed by atoms with Crippen LogP contribution in [0.15, 0.2) is 0 Å². The molecule has 2 amide bonds. The second-order valence-electron chi connectivity index (χ2n) is 3.60. The SMILES string of the molecule is O=CCN1C(=O)C2CCCC2C1=O. The van der Waals surface area contributed by atoms with Gasteiger partial charge in [0.2, 0.25) is 11.8 Å². The Labute approximate surface area is 75.9 Å². The molecule has 0 radical (unpaired) electrons. The summed E-state index contributed by atoms with van der Waals surface area (Å²) in [6.45, 7) is -0.0648. The molecule has 4 nitrogen and oxygen atoms in total. The summed E-state index contributed by atoms with van der Waals surface area (Å²) in [4.78, 5) is 34.4. The van der Waals surface area contributed by atoms with E-state index in [-0.39, 0.29) is 30.2 Å². The molecule has 0 spiro atoms. The third-order valence-electron chi connectivity index (χ3n) is 2.94. The van der Waals surface area contributed by atoms with Gasteiger partial charge in [-0.15, -0.1) is 0 Å². The van der Waals surface area contributed by atoms with Crippen molar-refractivity contribution >= 4 is 18.1 Å². The standard InChI is InChI=1S/C9H11NO3/c11-5-4-10-8(12)6-2-1-3-7(6)9(10)13/h5-7H,1-4H2. The predicted octanol–water partition coefficient (Wildman–Crippen LogP) is -0.0296. The Hall–Kier alpha value is -1.19. The number of amides is 2. The van der Waals surface area contributed by atoms with E-state index < -0.39 is 0 Å². The van der Waals surface area contributed by atoms with E-state index in [1.807, 2.05) is 0 Å². The Morgan fingerprint density at radius 1 is 1.23 bits per heavy atom. The van der Waals surface area contributed by atoms with E-state index >= 15 is 0 Å². The lowest BCUT2D eigenvalue weighted by atomic mass is 10.00. The molecule has 0 bridgehead atoms. The van der Waals surface area contributed by atoms with E-state index in [9.17, 15) is 14.4 Å². The van der Waals surface area contributed by atoms with Gasteiger partial charge in [0.05, 0.1) is 18.4 Å². The fourth-order valence-electron chi connectivity index (χ4n) is 2.31. The van der Waals surface area contributed by atoms with Crippen LogP contribution in [0.2, 0.25) is 0 Å². The van der Waals surface area contributed by atoms with Crippen LogP contribution in [0.4, 0.5) is 0 Å². The van der Waals surface area contributed by atoms with E-state index in [4.69, 9.17) is 0 Å². The average Bonchev–Trinajstić information content (AvgIpc) is 2.66. The van der Waals surface area contributed by atoms with Crippen molar-refractivity contribution in [1.29, 1.82) is 0 Å². The van der Waals surface area contributed by atoms with Gasteiger partial charge in [0, 0.05) is 0 Å². The molecule has 1 saturated heterocycles. The van der Waals surface area contributed by atoms with E-state index in [0.717, 1.165) is 24.2 Å². The van der Waals surface area contributed by atoms with Crippen molar-refractivity contribution in [2.45, 2.75) is 19.3 Å². The largest absolute Gasteiger partial charge is 0.301 e. The van der Waals surface area contributed by atoms with Crippen LogP contribution < -0.4 is 0 Å². The third-order valence-corrected chi connectivity index (χ3v) is 2.94. The smallest absolute Gasteiger partial charge is 0.233 e. The second-order valence-corrected chi connectivity index (χ2v) is 3.60. The monoisotopic (exact) mass is 181 g/mol. The average molecular weight is 181 g/mol. The zero-order valence-electron chi connectivity index (χ0n) is 7.23.